The molecule has 0 radical (unpaired) electrons. The van der Waals surface area contributed by atoms with Crippen LogP contribution in [0.15, 0.2) is 0 Å². The summed E-state index contributed by atoms with van der Waals surface area (Å²) in [5.74, 6) is 0. The molecule has 1 aliphatic heterocycles. The molecule has 1 heterocycles. The van der Waals surface area contributed by atoms with Gasteiger partial charge in [0.25, 0.3) is 0 Å². The highest BCUT2D eigenvalue weighted by atomic mass is 28.4. The minimum absolute atomic E-state index is 0.200. The van der Waals surface area contributed by atoms with E-state index >= 15 is 0 Å². The van der Waals surface area contributed by atoms with Crippen molar-refractivity contribution >= 4 is 8.32 Å². The van der Waals surface area contributed by atoms with E-state index in [1.54, 1.807) is 0 Å². The molecular formula is C12H27NOSi. The van der Waals surface area contributed by atoms with Crippen molar-refractivity contribution < 1.29 is 4.43 Å². The van der Waals surface area contributed by atoms with Crippen molar-refractivity contribution in [1.29, 1.82) is 0 Å². The van der Waals surface area contributed by atoms with Gasteiger partial charge in [-0.3, -0.25) is 0 Å². The first-order valence-electron chi connectivity index (χ1n) is 5.96. The fourth-order valence-corrected chi connectivity index (χ4v) is 3.98. The quantitative estimate of drug-likeness (QED) is 0.735. The Balaban J connectivity index is 2.68. The summed E-state index contributed by atoms with van der Waals surface area (Å²) in [6, 6.07) is 0. The van der Waals surface area contributed by atoms with Crippen molar-refractivity contribution in [2.45, 2.75) is 77.4 Å². The van der Waals surface area contributed by atoms with Crippen LogP contribution in [0.3, 0.4) is 0 Å². The van der Waals surface area contributed by atoms with Crippen molar-refractivity contribution in [3.8, 4) is 0 Å². The topological polar surface area (TPSA) is 21.3 Å². The molecule has 15 heavy (non-hydrogen) atoms. The largest absolute Gasteiger partial charge is 0.415 e. The zero-order chi connectivity index (χ0) is 11.9. The van der Waals surface area contributed by atoms with Gasteiger partial charge in [-0.1, -0.05) is 0 Å². The molecule has 3 heteroatoms. The molecule has 2 nitrogen and oxygen atoms in total. The van der Waals surface area contributed by atoms with Crippen LogP contribution < -0.4 is 5.32 Å². The predicted molar refractivity (Wildman–Crippen MR) is 68.7 cm³/mol. The fraction of sp³-hybridized carbons (Fsp3) is 1.00. The summed E-state index contributed by atoms with van der Waals surface area (Å²) in [6.07, 6.45) is 2.68. The second-order valence-electron chi connectivity index (χ2n) is 7.15. The molecule has 0 aromatic carbocycles. The molecule has 1 saturated heterocycles. The first-order valence-corrected chi connectivity index (χ1v) is 9.37. The lowest BCUT2D eigenvalue weighted by molar-refractivity contribution is 0.0513. The fourth-order valence-electron chi connectivity index (χ4n) is 2.81. The van der Waals surface area contributed by atoms with Gasteiger partial charge in [0.1, 0.15) is 0 Å². The minimum atomic E-state index is -1.40. The third kappa shape index (κ3) is 4.66. The Hall–Kier alpha value is 0.137. The Morgan fingerprint density at radius 1 is 1.00 bits per heavy atom. The Labute approximate surface area is 95.9 Å². The summed E-state index contributed by atoms with van der Waals surface area (Å²) >= 11 is 0. The summed E-state index contributed by atoms with van der Waals surface area (Å²) in [5.41, 5.74) is 0.401. The zero-order valence-corrected chi connectivity index (χ0v) is 12.4. The van der Waals surface area contributed by atoms with Gasteiger partial charge < -0.3 is 9.74 Å². The van der Waals surface area contributed by atoms with Crippen LogP contribution in [0, 0.1) is 0 Å². The average molecular weight is 229 g/mol. The van der Waals surface area contributed by atoms with Gasteiger partial charge >= 0.3 is 0 Å². The highest BCUT2D eigenvalue weighted by Gasteiger charge is 2.39. The Kier molecular flexibility index (Phi) is 3.40. The van der Waals surface area contributed by atoms with Gasteiger partial charge in [-0.05, 0) is 60.2 Å². The van der Waals surface area contributed by atoms with Crippen LogP contribution >= 0.6 is 0 Å². The van der Waals surface area contributed by atoms with E-state index in [0.717, 1.165) is 12.8 Å². The third-order valence-electron chi connectivity index (χ3n) is 2.67. The van der Waals surface area contributed by atoms with Gasteiger partial charge in [0.2, 0.25) is 0 Å². The summed E-state index contributed by atoms with van der Waals surface area (Å²) in [6.45, 7) is 15.9. The number of nitrogens with one attached hydrogen (secondary N) is 1. The Bertz CT molecular complexity index is 212. The highest BCUT2D eigenvalue weighted by Crippen LogP contribution is 2.31. The second kappa shape index (κ2) is 3.86. The van der Waals surface area contributed by atoms with E-state index in [4.69, 9.17) is 4.43 Å². The van der Waals surface area contributed by atoms with E-state index in [-0.39, 0.29) is 11.1 Å². The van der Waals surface area contributed by atoms with E-state index in [1.165, 1.54) is 0 Å². The molecule has 0 aliphatic carbocycles. The number of rotatable bonds is 2. The SMILES string of the molecule is CC1(C)CC(O[Si](C)(C)C)CC(C)(C)N1. The molecular weight excluding hydrogens is 202 g/mol. The standard InChI is InChI=1S/C12H27NOSi/c1-11(2)8-10(14-15(5,6)7)9-12(3,4)13-11/h10,13H,8-9H2,1-7H3. The predicted octanol–water partition coefficient (Wildman–Crippen LogP) is 3.15. The summed E-state index contributed by atoms with van der Waals surface area (Å²) in [7, 11) is -1.40. The smallest absolute Gasteiger partial charge is 0.184 e. The van der Waals surface area contributed by atoms with Crippen LogP contribution in [-0.4, -0.2) is 25.5 Å². The van der Waals surface area contributed by atoms with Crippen LogP contribution in [-0.2, 0) is 4.43 Å². The number of hydrogen-bond donors (Lipinski definition) is 1. The van der Waals surface area contributed by atoms with Gasteiger partial charge in [-0.2, -0.15) is 0 Å². The molecule has 0 atom stereocenters. The molecule has 0 saturated carbocycles. The molecule has 90 valence electrons. The minimum Gasteiger partial charge on any atom is -0.415 e. The van der Waals surface area contributed by atoms with Crippen molar-refractivity contribution in [2.24, 2.45) is 0 Å². The molecule has 1 N–H and O–H groups in total. The summed E-state index contributed by atoms with van der Waals surface area (Å²) in [5, 5.41) is 3.68. The molecule has 0 aromatic heterocycles. The lowest BCUT2D eigenvalue weighted by atomic mass is 9.81. The van der Waals surface area contributed by atoms with E-state index in [2.05, 4.69) is 52.7 Å². The van der Waals surface area contributed by atoms with Crippen molar-refractivity contribution in [3.63, 3.8) is 0 Å². The van der Waals surface area contributed by atoms with E-state index in [1.807, 2.05) is 0 Å². The normalized spacial score (nSPS) is 26.6. The van der Waals surface area contributed by atoms with Gasteiger partial charge in [-0.15, -0.1) is 0 Å². The monoisotopic (exact) mass is 229 g/mol. The Morgan fingerprint density at radius 2 is 1.40 bits per heavy atom. The molecule has 0 aromatic rings. The van der Waals surface area contributed by atoms with Crippen molar-refractivity contribution in [3.05, 3.63) is 0 Å². The second-order valence-corrected chi connectivity index (χ2v) is 11.6. The summed E-state index contributed by atoms with van der Waals surface area (Å²) < 4.78 is 6.25. The van der Waals surface area contributed by atoms with Gasteiger partial charge in [0.15, 0.2) is 8.32 Å². The van der Waals surface area contributed by atoms with Crippen LogP contribution in [0.25, 0.3) is 0 Å². The molecule has 1 aliphatic rings. The lowest BCUT2D eigenvalue weighted by Gasteiger charge is -2.47. The number of piperidine rings is 1. The van der Waals surface area contributed by atoms with Crippen LogP contribution in [0.5, 0.6) is 0 Å². The van der Waals surface area contributed by atoms with Crippen LogP contribution in [0.4, 0.5) is 0 Å². The van der Waals surface area contributed by atoms with Gasteiger partial charge in [-0.25, -0.2) is 0 Å². The van der Waals surface area contributed by atoms with E-state index in [0.29, 0.717) is 6.10 Å². The van der Waals surface area contributed by atoms with Crippen molar-refractivity contribution in [2.75, 3.05) is 0 Å². The van der Waals surface area contributed by atoms with Gasteiger partial charge in [0, 0.05) is 17.2 Å². The molecule has 0 unspecified atom stereocenters. The van der Waals surface area contributed by atoms with Crippen LogP contribution in [0.1, 0.15) is 40.5 Å². The zero-order valence-electron chi connectivity index (χ0n) is 11.4. The molecule has 1 rings (SSSR count). The third-order valence-corrected chi connectivity index (χ3v) is 3.71. The maximum Gasteiger partial charge on any atom is 0.184 e. The maximum absolute atomic E-state index is 6.25. The van der Waals surface area contributed by atoms with Crippen molar-refractivity contribution in [1.82, 2.24) is 5.32 Å². The van der Waals surface area contributed by atoms with Crippen LogP contribution in [0.2, 0.25) is 19.6 Å². The maximum atomic E-state index is 6.25. The molecule has 1 fully saturated rings. The number of hydrogen-bond acceptors (Lipinski definition) is 2. The van der Waals surface area contributed by atoms with E-state index in [9.17, 15) is 0 Å². The highest BCUT2D eigenvalue weighted by molar-refractivity contribution is 6.69. The Morgan fingerprint density at radius 3 is 1.73 bits per heavy atom. The first kappa shape index (κ1) is 13.2. The van der Waals surface area contributed by atoms with Gasteiger partial charge in [0.05, 0.1) is 0 Å². The van der Waals surface area contributed by atoms with E-state index < -0.39 is 8.32 Å². The molecule has 0 spiro atoms. The summed E-state index contributed by atoms with van der Waals surface area (Å²) in [4.78, 5) is 0. The lowest BCUT2D eigenvalue weighted by Crippen LogP contribution is -2.60. The molecule has 0 amide bonds. The average Bonchev–Trinajstić information content (AvgIpc) is 1.70. The first-order chi connectivity index (χ1) is 6.49. The molecule has 0 bridgehead atoms.